The lowest BCUT2D eigenvalue weighted by atomic mass is 9.98. The zero-order valence-electron chi connectivity index (χ0n) is 8.35. The Morgan fingerprint density at radius 2 is 2.17 bits per heavy atom. The second kappa shape index (κ2) is 4.26. The van der Waals surface area contributed by atoms with Crippen LogP contribution in [0.15, 0.2) is 17.4 Å². The summed E-state index contributed by atoms with van der Waals surface area (Å²) in [5.41, 5.74) is 5.91. The van der Waals surface area contributed by atoms with Gasteiger partial charge in [0.25, 0.3) is 0 Å². The fourth-order valence-corrected chi connectivity index (χ4v) is 0.882. The molecule has 0 aromatic rings. The van der Waals surface area contributed by atoms with Crippen molar-refractivity contribution >= 4 is 5.71 Å². The van der Waals surface area contributed by atoms with Crippen molar-refractivity contribution in [1.29, 1.82) is 0 Å². The molecule has 70 valence electrons. The molecule has 0 amide bonds. The minimum absolute atomic E-state index is 0.317. The van der Waals surface area contributed by atoms with Crippen molar-refractivity contribution in [1.82, 2.24) is 0 Å². The quantitative estimate of drug-likeness (QED) is 0.653. The van der Waals surface area contributed by atoms with Crippen molar-refractivity contribution in [2.75, 3.05) is 7.11 Å². The van der Waals surface area contributed by atoms with Crippen LogP contribution in [0.25, 0.3) is 0 Å². The minimum atomic E-state index is -0.317. The molecular weight excluding hydrogens is 152 g/mol. The Bertz CT molecular complexity index is 193. The van der Waals surface area contributed by atoms with Gasteiger partial charge in [-0.05, 0) is 20.3 Å². The fraction of sp³-hybridized carbons (Fsp3) is 0.667. The van der Waals surface area contributed by atoms with E-state index in [1.54, 1.807) is 7.11 Å². The molecule has 3 heteroatoms. The van der Waals surface area contributed by atoms with Crippen molar-refractivity contribution in [3.63, 3.8) is 0 Å². The number of hydrogen-bond acceptors (Lipinski definition) is 3. The van der Waals surface area contributed by atoms with Gasteiger partial charge in [0.15, 0.2) is 0 Å². The molecule has 0 radical (unpaired) electrons. The normalized spacial score (nSPS) is 17.2. The summed E-state index contributed by atoms with van der Waals surface area (Å²) in [6.45, 7) is 9.43. The zero-order valence-corrected chi connectivity index (χ0v) is 8.35. The van der Waals surface area contributed by atoms with Crippen LogP contribution in [0.2, 0.25) is 0 Å². The molecule has 0 saturated heterocycles. The first-order chi connectivity index (χ1) is 5.46. The maximum atomic E-state index is 5.36. The van der Waals surface area contributed by atoms with E-state index in [0.717, 1.165) is 12.1 Å². The molecule has 12 heavy (non-hydrogen) atoms. The standard InChI is InChI=1S/C9H18N2O/c1-6-9(4,12-5)7(2)11-8(3)10/h3,6,10H2,1-2,4-5H3. The third-order valence-electron chi connectivity index (χ3n) is 2.20. The number of nitrogens with two attached hydrogens (primary N) is 1. The molecule has 0 aliphatic heterocycles. The monoisotopic (exact) mass is 170 g/mol. The molecule has 0 aliphatic rings. The molecule has 1 atom stereocenters. The summed E-state index contributed by atoms with van der Waals surface area (Å²) in [5.74, 6) is 0.323. The van der Waals surface area contributed by atoms with Crippen LogP contribution in [0.3, 0.4) is 0 Å². The van der Waals surface area contributed by atoms with E-state index in [1.165, 1.54) is 0 Å². The maximum Gasteiger partial charge on any atom is 0.116 e. The van der Waals surface area contributed by atoms with Gasteiger partial charge in [-0.25, -0.2) is 4.99 Å². The zero-order chi connectivity index (χ0) is 9.78. The Balaban J connectivity index is 4.63. The predicted molar refractivity (Wildman–Crippen MR) is 52.1 cm³/mol. The number of ether oxygens (including phenoxy) is 1. The topological polar surface area (TPSA) is 47.6 Å². The molecule has 2 N–H and O–H groups in total. The molecule has 3 nitrogen and oxygen atoms in total. The van der Waals surface area contributed by atoms with Crippen LogP contribution in [0.1, 0.15) is 27.2 Å². The summed E-state index contributed by atoms with van der Waals surface area (Å²) in [6, 6.07) is 0. The lowest BCUT2D eigenvalue weighted by Crippen LogP contribution is -2.35. The summed E-state index contributed by atoms with van der Waals surface area (Å²) in [5, 5.41) is 0. The third-order valence-corrected chi connectivity index (χ3v) is 2.20. The van der Waals surface area contributed by atoms with Gasteiger partial charge in [0, 0.05) is 12.8 Å². The first-order valence-electron chi connectivity index (χ1n) is 4.01. The van der Waals surface area contributed by atoms with Crippen molar-refractivity contribution in [2.45, 2.75) is 32.8 Å². The van der Waals surface area contributed by atoms with Crippen molar-refractivity contribution in [3.05, 3.63) is 12.4 Å². The Labute approximate surface area is 74.3 Å². The highest BCUT2D eigenvalue weighted by Crippen LogP contribution is 2.16. The van der Waals surface area contributed by atoms with Gasteiger partial charge in [-0.3, -0.25) is 0 Å². The van der Waals surface area contributed by atoms with E-state index in [4.69, 9.17) is 10.5 Å². The van der Waals surface area contributed by atoms with Crippen LogP contribution in [0, 0.1) is 0 Å². The van der Waals surface area contributed by atoms with Crippen LogP contribution in [0.4, 0.5) is 0 Å². The molecule has 0 aromatic heterocycles. The van der Waals surface area contributed by atoms with Gasteiger partial charge in [0.2, 0.25) is 0 Å². The molecular formula is C9H18N2O. The van der Waals surface area contributed by atoms with Crippen LogP contribution < -0.4 is 5.73 Å². The Morgan fingerprint density at radius 3 is 2.42 bits per heavy atom. The largest absolute Gasteiger partial charge is 0.384 e. The second-order valence-corrected chi connectivity index (χ2v) is 2.98. The smallest absolute Gasteiger partial charge is 0.116 e. The lowest BCUT2D eigenvalue weighted by molar-refractivity contribution is 0.0626. The number of rotatable bonds is 4. The molecule has 0 heterocycles. The molecule has 0 saturated carbocycles. The molecule has 0 bridgehead atoms. The van der Waals surface area contributed by atoms with E-state index in [1.807, 2.05) is 20.8 Å². The van der Waals surface area contributed by atoms with Crippen molar-refractivity contribution < 1.29 is 4.74 Å². The Kier molecular flexibility index (Phi) is 3.96. The van der Waals surface area contributed by atoms with E-state index in [0.29, 0.717) is 5.82 Å². The highest BCUT2D eigenvalue weighted by molar-refractivity contribution is 5.90. The van der Waals surface area contributed by atoms with E-state index in [-0.39, 0.29) is 5.60 Å². The number of nitrogens with zero attached hydrogens (tertiary/aromatic N) is 1. The summed E-state index contributed by atoms with van der Waals surface area (Å²) in [4.78, 5) is 4.07. The SMILES string of the molecule is C=C(N)N=C(C)C(C)(CC)OC. The van der Waals surface area contributed by atoms with Gasteiger partial charge in [-0.1, -0.05) is 13.5 Å². The van der Waals surface area contributed by atoms with Gasteiger partial charge in [-0.15, -0.1) is 0 Å². The maximum absolute atomic E-state index is 5.36. The van der Waals surface area contributed by atoms with E-state index in [2.05, 4.69) is 11.6 Å². The first kappa shape index (κ1) is 11.2. The number of methoxy groups -OCH3 is 1. The highest BCUT2D eigenvalue weighted by Gasteiger charge is 2.24. The number of aliphatic imine (C=N–C) groups is 1. The lowest BCUT2D eigenvalue weighted by Gasteiger charge is -2.26. The van der Waals surface area contributed by atoms with Gasteiger partial charge < -0.3 is 10.5 Å². The molecule has 0 rings (SSSR count). The second-order valence-electron chi connectivity index (χ2n) is 2.98. The van der Waals surface area contributed by atoms with Gasteiger partial charge >= 0.3 is 0 Å². The van der Waals surface area contributed by atoms with E-state index in [9.17, 15) is 0 Å². The summed E-state index contributed by atoms with van der Waals surface area (Å²) in [6.07, 6.45) is 0.867. The Hall–Kier alpha value is -0.830. The average Bonchev–Trinajstić information content (AvgIpc) is 2.02. The van der Waals surface area contributed by atoms with Crippen molar-refractivity contribution in [3.8, 4) is 0 Å². The summed E-state index contributed by atoms with van der Waals surface area (Å²) >= 11 is 0. The molecule has 0 aliphatic carbocycles. The van der Waals surface area contributed by atoms with Crippen LogP contribution in [-0.2, 0) is 4.74 Å². The van der Waals surface area contributed by atoms with Crippen LogP contribution >= 0.6 is 0 Å². The predicted octanol–water partition coefficient (Wildman–Crippen LogP) is 1.69. The molecule has 0 spiro atoms. The highest BCUT2D eigenvalue weighted by atomic mass is 16.5. The minimum Gasteiger partial charge on any atom is -0.384 e. The number of hydrogen-bond donors (Lipinski definition) is 1. The van der Waals surface area contributed by atoms with Gasteiger partial charge in [0.05, 0.1) is 0 Å². The van der Waals surface area contributed by atoms with Crippen molar-refractivity contribution in [2.24, 2.45) is 10.7 Å². The molecule has 0 fully saturated rings. The first-order valence-corrected chi connectivity index (χ1v) is 4.01. The molecule has 0 aromatic carbocycles. The fourth-order valence-electron chi connectivity index (χ4n) is 0.882. The summed E-state index contributed by atoms with van der Waals surface area (Å²) in [7, 11) is 1.67. The molecule has 1 unspecified atom stereocenters. The van der Waals surface area contributed by atoms with E-state index < -0.39 is 0 Å². The third kappa shape index (κ3) is 2.66. The summed E-state index contributed by atoms with van der Waals surface area (Å²) < 4.78 is 5.32. The van der Waals surface area contributed by atoms with Gasteiger partial charge in [-0.2, -0.15) is 0 Å². The van der Waals surface area contributed by atoms with E-state index >= 15 is 0 Å². The van der Waals surface area contributed by atoms with Gasteiger partial charge in [0.1, 0.15) is 11.4 Å². The average molecular weight is 170 g/mol. The Morgan fingerprint density at radius 1 is 1.67 bits per heavy atom. The van der Waals surface area contributed by atoms with Crippen LogP contribution in [0.5, 0.6) is 0 Å². The van der Waals surface area contributed by atoms with Crippen LogP contribution in [-0.4, -0.2) is 18.4 Å².